The van der Waals surface area contributed by atoms with E-state index >= 15 is 0 Å². The van der Waals surface area contributed by atoms with Crippen LogP contribution in [0.2, 0.25) is 5.02 Å². The van der Waals surface area contributed by atoms with Gasteiger partial charge in [-0.15, -0.1) is 0 Å². The predicted molar refractivity (Wildman–Crippen MR) is 120 cm³/mol. The highest BCUT2D eigenvalue weighted by Gasteiger charge is 2.27. The minimum absolute atomic E-state index is 0.229. The van der Waals surface area contributed by atoms with Gasteiger partial charge in [0.25, 0.3) is 0 Å². The summed E-state index contributed by atoms with van der Waals surface area (Å²) < 4.78 is 31.4. The third-order valence-electron chi connectivity index (χ3n) is 4.90. The van der Waals surface area contributed by atoms with Gasteiger partial charge in [0.05, 0.1) is 18.6 Å². The summed E-state index contributed by atoms with van der Waals surface area (Å²) in [4.78, 5) is 16.7. The number of ether oxygens (including phenoxy) is 1. The van der Waals surface area contributed by atoms with Crippen molar-refractivity contribution in [2.75, 3.05) is 54.8 Å². The van der Waals surface area contributed by atoms with Gasteiger partial charge >= 0.3 is 0 Å². The van der Waals surface area contributed by atoms with Gasteiger partial charge in [0, 0.05) is 43.0 Å². The zero-order valence-corrected chi connectivity index (χ0v) is 18.7. The molecule has 1 aliphatic rings. The molecule has 2 aromatic rings. The fraction of sp³-hybridized carbons (Fsp3) is 0.381. The molecular formula is C21H26ClN3O4S. The van der Waals surface area contributed by atoms with Crippen molar-refractivity contribution in [1.29, 1.82) is 0 Å². The molecule has 30 heavy (non-hydrogen) atoms. The number of sulfonamides is 1. The number of rotatable bonds is 7. The molecular weight excluding hydrogens is 426 g/mol. The second-order valence-corrected chi connectivity index (χ2v) is 9.39. The van der Waals surface area contributed by atoms with Crippen LogP contribution in [0, 0.1) is 0 Å². The largest absolute Gasteiger partial charge is 0.494 e. The fourth-order valence-corrected chi connectivity index (χ4v) is 4.43. The molecule has 0 aliphatic carbocycles. The Morgan fingerprint density at radius 1 is 1.10 bits per heavy atom. The average Bonchev–Trinajstić information content (AvgIpc) is 2.71. The summed E-state index contributed by atoms with van der Waals surface area (Å²) in [6.45, 7) is 4.43. The molecule has 0 spiro atoms. The highest BCUT2D eigenvalue weighted by molar-refractivity contribution is 7.92. The molecule has 0 bridgehead atoms. The van der Waals surface area contributed by atoms with E-state index in [4.69, 9.17) is 16.3 Å². The SMILES string of the molecule is CCOc1cccc(N(CC(=O)N2CCN(c3cccc(Cl)c3)CC2)S(C)(=O)=O)c1. The maximum absolute atomic E-state index is 12.9. The molecule has 1 saturated heterocycles. The Morgan fingerprint density at radius 3 is 2.43 bits per heavy atom. The molecule has 0 unspecified atom stereocenters. The first-order chi connectivity index (χ1) is 14.3. The first kappa shape index (κ1) is 22.2. The lowest BCUT2D eigenvalue weighted by molar-refractivity contribution is -0.129. The maximum atomic E-state index is 12.9. The van der Waals surface area contributed by atoms with E-state index in [1.54, 1.807) is 29.2 Å². The molecule has 1 aliphatic heterocycles. The van der Waals surface area contributed by atoms with Crippen molar-refractivity contribution in [3.8, 4) is 5.75 Å². The van der Waals surface area contributed by atoms with Crippen LogP contribution in [0.4, 0.5) is 11.4 Å². The molecule has 3 rings (SSSR count). The first-order valence-corrected chi connectivity index (χ1v) is 12.0. The summed E-state index contributed by atoms with van der Waals surface area (Å²) >= 11 is 6.07. The molecule has 0 atom stereocenters. The van der Waals surface area contributed by atoms with Crippen LogP contribution in [0.5, 0.6) is 5.75 Å². The monoisotopic (exact) mass is 451 g/mol. The van der Waals surface area contributed by atoms with Crippen LogP contribution in [-0.4, -0.2) is 64.8 Å². The van der Waals surface area contributed by atoms with Crippen LogP contribution in [0.15, 0.2) is 48.5 Å². The van der Waals surface area contributed by atoms with Gasteiger partial charge in [0.2, 0.25) is 15.9 Å². The van der Waals surface area contributed by atoms with Crippen LogP contribution >= 0.6 is 11.6 Å². The van der Waals surface area contributed by atoms with E-state index in [9.17, 15) is 13.2 Å². The summed E-state index contributed by atoms with van der Waals surface area (Å²) in [5.41, 5.74) is 1.43. The number of halogens is 1. The number of piperazine rings is 1. The summed E-state index contributed by atoms with van der Waals surface area (Å²) in [5, 5.41) is 0.670. The predicted octanol–water partition coefficient (Wildman–Crippen LogP) is 2.85. The number of benzene rings is 2. The van der Waals surface area contributed by atoms with E-state index in [0.29, 0.717) is 49.2 Å². The van der Waals surface area contributed by atoms with E-state index in [0.717, 1.165) is 16.2 Å². The fourth-order valence-electron chi connectivity index (χ4n) is 3.40. The Hall–Kier alpha value is -2.45. The zero-order chi connectivity index (χ0) is 21.7. The topological polar surface area (TPSA) is 70.2 Å². The number of hydrogen-bond donors (Lipinski definition) is 0. The van der Waals surface area contributed by atoms with Crippen molar-refractivity contribution in [2.45, 2.75) is 6.92 Å². The van der Waals surface area contributed by atoms with Gasteiger partial charge in [-0.3, -0.25) is 9.10 Å². The van der Waals surface area contributed by atoms with E-state index in [2.05, 4.69) is 4.90 Å². The molecule has 1 fully saturated rings. The van der Waals surface area contributed by atoms with Crippen molar-refractivity contribution in [1.82, 2.24) is 4.90 Å². The van der Waals surface area contributed by atoms with Crippen LogP contribution in [0.25, 0.3) is 0 Å². The van der Waals surface area contributed by atoms with Gasteiger partial charge < -0.3 is 14.5 Å². The summed E-state index contributed by atoms with van der Waals surface area (Å²) in [7, 11) is -3.64. The van der Waals surface area contributed by atoms with Gasteiger partial charge in [0.1, 0.15) is 12.3 Å². The second-order valence-electron chi connectivity index (χ2n) is 7.05. The Labute approximate surface area is 182 Å². The van der Waals surface area contributed by atoms with Crippen LogP contribution in [0.3, 0.4) is 0 Å². The van der Waals surface area contributed by atoms with Crippen LogP contribution in [0.1, 0.15) is 6.92 Å². The van der Waals surface area contributed by atoms with Crippen molar-refractivity contribution in [2.24, 2.45) is 0 Å². The minimum Gasteiger partial charge on any atom is -0.494 e. The number of carbonyl (C=O) groups excluding carboxylic acids is 1. The third kappa shape index (κ3) is 5.58. The first-order valence-electron chi connectivity index (χ1n) is 9.77. The lowest BCUT2D eigenvalue weighted by Gasteiger charge is -2.37. The van der Waals surface area contributed by atoms with Crippen LogP contribution < -0.4 is 13.9 Å². The minimum atomic E-state index is -3.64. The van der Waals surface area contributed by atoms with Gasteiger partial charge in [-0.05, 0) is 37.3 Å². The molecule has 2 aromatic carbocycles. The van der Waals surface area contributed by atoms with Gasteiger partial charge in [-0.2, -0.15) is 0 Å². The zero-order valence-electron chi connectivity index (χ0n) is 17.1. The maximum Gasteiger partial charge on any atom is 0.243 e. The molecule has 1 heterocycles. The summed E-state index contributed by atoms with van der Waals surface area (Å²) in [5.74, 6) is 0.333. The Kier molecular flexibility index (Phi) is 7.10. The lowest BCUT2D eigenvalue weighted by atomic mass is 10.2. The van der Waals surface area contributed by atoms with E-state index in [-0.39, 0.29) is 12.5 Å². The van der Waals surface area contributed by atoms with Gasteiger partial charge in [-0.1, -0.05) is 23.7 Å². The number of hydrogen-bond acceptors (Lipinski definition) is 5. The van der Waals surface area contributed by atoms with Crippen molar-refractivity contribution in [3.63, 3.8) is 0 Å². The lowest BCUT2D eigenvalue weighted by Crippen LogP contribution is -2.52. The molecule has 7 nitrogen and oxygen atoms in total. The van der Waals surface area contributed by atoms with Crippen molar-refractivity contribution in [3.05, 3.63) is 53.6 Å². The Morgan fingerprint density at radius 2 is 1.80 bits per heavy atom. The quantitative estimate of drug-likeness (QED) is 0.647. The summed E-state index contributed by atoms with van der Waals surface area (Å²) in [6, 6.07) is 14.4. The number of carbonyl (C=O) groups is 1. The van der Waals surface area contributed by atoms with Crippen LogP contribution in [-0.2, 0) is 14.8 Å². The van der Waals surface area contributed by atoms with Crippen molar-refractivity contribution < 1.29 is 17.9 Å². The van der Waals surface area contributed by atoms with E-state index < -0.39 is 10.0 Å². The third-order valence-corrected chi connectivity index (χ3v) is 6.28. The normalized spacial score (nSPS) is 14.5. The standard InChI is InChI=1S/C21H26ClN3O4S/c1-3-29-20-9-5-8-19(15-20)25(30(2,27)28)16-21(26)24-12-10-23(11-13-24)18-7-4-6-17(22)14-18/h4-9,14-15H,3,10-13,16H2,1-2H3. The Balaban J connectivity index is 1.68. The number of nitrogens with zero attached hydrogens (tertiary/aromatic N) is 3. The molecule has 1 amide bonds. The average molecular weight is 452 g/mol. The molecule has 0 aromatic heterocycles. The molecule has 9 heteroatoms. The molecule has 162 valence electrons. The second kappa shape index (κ2) is 9.57. The van der Waals surface area contributed by atoms with E-state index in [1.807, 2.05) is 31.2 Å². The molecule has 0 saturated carbocycles. The van der Waals surface area contributed by atoms with Gasteiger partial charge in [-0.25, -0.2) is 8.42 Å². The number of amides is 1. The van der Waals surface area contributed by atoms with Crippen molar-refractivity contribution >= 4 is 38.9 Å². The summed E-state index contributed by atoms with van der Waals surface area (Å²) in [6.07, 6.45) is 1.10. The Bertz CT molecular complexity index is 991. The molecule has 0 radical (unpaired) electrons. The molecule has 0 N–H and O–H groups in total. The highest BCUT2D eigenvalue weighted by Crippen LogP contribution is 2.24. The number of anilines is 2. The van der Waals surface area contributed by atoms with Gasteiger partial charge in [0.15, 0.2) is 0 Å². The van der Waals surface area contributed by atoms with E-state index in [1.165, 1.54) is 0 Å². The smallest absolute Gasteiger partial charge is 0.243 e. The highest BCUT2D eigenvalue weighted by atomic mass is 35.5.